The Morgan fingerprint density at radius 2 is 1.74 bits per heavy atom. The fourth-order valence-corrected chi connectivity index (χ4v) is 4.40. The lowest BCUT2D eigenvalue weighted by Gasteiger charge is -2.13. The van der Waals surface area contributed by atoms with Crippen LogP contribution in [0.5, 0.6) is 0 Å². The Labute approximate surface area is 188 Å². The summed E-state index contributed by atoms with van der Waals surface area (Å²) >= 11 is 12.8. The van der Waals surface area contributed by atoms with Gasteiger partial charge >= 0.3 is 0 Å². The number of rotatable bonds is 3. The van der Waals surface area contributed by atoms with E-state index in [1.54, 1.807) is 24.3 Å². The maximum atomic E-state index is 14.0. The van der Waals surface area contributed by atoms with Gasteiger partial charge in [0.1, 0.15) is 17.5 Å². The number of hydrogen-bond acceptors (Lipinski definition) is 4. The smallest absolute Gasteiger partial charge is 0.165 e. The van der Waals surface area contributed by atoms with Crippen molar-refractivity contribution in [2.75, 3.05) is 5.32 Å². The number of halogens is 3. The van der Waals surface area contributed by atoms with Crippen molar-refractivity contribution >= 4 is 45.8 Å². The molecule has 1 aromatic heterocycles. The molecule has 7 heteroatoms. The van der Waals surface area contributed by atoms with Gasteiger partial charge in [-0.2, -0.15) is 0 Å². The molecule has 1 atom stereocenters. The largest absolute Gasteiger partial charge is 0.324 e. The first kappa shape index (κ1) is 19.9. The summed E-state index contributed by atoms with van der Waals surface area (Å²) in [6, 6.07) is 17.7. The average molecular weight is 451 g/mol. The monoisotopic (exact) mass is 450 g/mol. The average Bonchev–Trinajstić information content (AvgIpc) is 3.10. The molecule has 3 aromatic carbocycles. The summed E-state index contributed by atoms with van der Waals surface area (Å²) in [6.07, 6.45) is 0.814. The van der Waals surface area contributed by atoms with Gasteiger partial charge in [0, 0.05) is 10.9 Å². The minimum Gasteiger partial charge on any atom is -0.324 e. The maximum absolute atomic E-state index is 14.0. The second-order valence-electron chi connectivity index (χ2n) is 7.27. The third-order valence-electron chi connectivity index (χ3n) is 5.33. The molecule has 1 aliphatic rings. The minimum atomic E-state index is -0.305. The molecule has 2 heterocycles. The fraction of sp³-hybridized carbons (Fsp3) is 0.125. The van der Waals surface area contributed by atoms with Crippen molar-refractivity contribution in [3.05, 3.63) is 87.7 Å². The van der Waals surface area contributed by atoms with E-state index >= 15 is 0 Å². The summed E-state index contributed by atoms with van der Waals surface area (Å²) in [5.74, 6) is 1.24. The number of anilines is 1. The van der Waals surface area contributed by atoms with Crippen LogP contribution in [0.4, 0.5) is 10.2 Å². The molecule has 0 fully saturated rings. The molecule has 0 spiro atoms. The van der Waals surface area contributed by atoms with E-state index in [0.29, 0.717) is 33.1 Å². The Morgan fingerprint density at radius 1 is 0.968 bits per heavy atom. The number of amidine groups is 1. The van der Waals surface area contributed by atoms with E-state index in [9.17, 15) is 4.39 Å². The Bertz CT molecular complexity index is 1330. The van der Waals surface area contributed by atoms with Crippen LogP contribution in [-0.2, 0) is 0 Å². The Kier molecular flexibility index (Phi) is 5.08. The second kappa shape index (κ2) is 7.91. The van der Waals surface area contributed by atoms with E-state index in [1.807, 2.05) is 24.3 Å². The highest BCUT2D eigenvalue weighted by Gasteiger charge is 2.25. The predicted molar refractivity (Wildman–Crippen MR) is 125 cm³/mol. The third-order valence-corrected chi connectivity index (χ3v) is 5.96. The van der Waals surface area contributed by atoms with Crippen molar-refractivity contribution < 1.29 is 4.39 Å². The van der Waals surface area contributed by atoms with Crippen LogP contribution < -0.4 is 5.32 Å². The first-order valence-electron chi connectivity index (χ1n) is 9.91. The van der Waals surface area contributed by atoms with Gasteiger partial charge in [-0.3, -0.25) is 4.99 Å². The van der Waals surface area contributed by atoms with Crippen molar-refractivity contribution in [1.29, 1.82) is 0 Å². The van der Waals surface area contributed by atoms with Gasteiger partial charge in [0.2, 0.25) is 0 Å². The summed E-state index contributed by atoms with van der Waals surface area (Å²) in [4.78, 5) is 14.2. The number of nitrogens with zero attached hydrogens (tertiary/aromatic N) is 3. The van der Waals surface area contributed by atoms with E-state index in [4.69, 9.17) is 33.2 Å². The highest BCUT2D eigenvalue weighted by molar-refractivity contribution is 6.39. The number of nitrogens with one attached hydrogen (secondary N) is 1. The van der Waals surface area contributed by atoms with Gasteiger partial charge in [-0.1, -0.05) is 54.4 Å². The highest BCUT2D eigenvalue weighted by atomic mass is 35.5. The van der Waals surface area contributed by atoms with Crippen LogP contribution in [0.25, 0.3) is 22.3 Å². The molecule has 4 nitrogen and oxygen atoms in total. The molecule has 1 N–H and O–H groups in total. The lowest BCUT2D eigenvalue weighted by molar-refractivity contribution is 0.625. The number of benzene rings is 3. The first-order valence-corrected chi connectivity index (χ1v) is 10.7. The van der Waals surface area contributed by atoms with E-state index in [2.05, 4.69) is 17.2 Å². The van der Waals surface area contributed by atoms with Gasteiger partial charge in [-0.25, -0.2) is 14.4 Å². The summed E-state index contributed by atoms with van der Waals surface area (Å²) in [5.41, 5.74) is 3.04. The van der Waals surface area contributed by atoms with Crippen LogP contribution in [0.1, 0.15) is 30.5 Å². The molecule has 1 aliphatic heterocycles. The van der Waals surface area contributed by atoms with E-state index in [0.717, 1.165) is 28.5 Å². The quantitative estimate of drug-likeness (QED) is 0.363. The van der Waals surface area contributed by atoms with E-state index in [-0.39, 0.29) is 11.9 Å². The predicted octanol–water partition coefficient (Wildman–Crippen LogP) is 7.07. The fourth-order valence-electron chi connectivity index (χ4n) is 3.84. The number of aromatic nitrogens is 2. The lowest BCUT2D eigenvalue weighted by atomic mass is 10.0. The molecule has 0 bridgehead atoms. The molecule has 4 aromatic rings. The van der Waals surface area contributed by atoms with E-state index < -0.39 is 0 Å². The standard InChI is InChI=1S/C24H17Cl2FN4/c1-2-19-14-11-10-13(27)12-16(14)23(28-19)30-22-15-6-3-4-9-20(15)29-24(31-22)21-17(25)7-5-8-18(21)26/h3-12,19H,2H2,1H3,(H,28,29,30,31). The molecule has 0 saturated carbocycles. The van der Waals surface area contributed by atoms with Crippen LogP contribution in [0.2, 0.25) is 10.0 Å². The van der Waals surface area contributed by atoms with Crippen LogP contribution in [0.15, 0.2) is 65.7 Å². The zero-order chi connectivity index (χ0) is 21.5. The molecule has 1 unspecified atom stereocenters. The van der Waals surface area contributed by atoms with Crippen LogP contribution in [-0.4, -0.2) is 15.8 Å². The van der Waals surface area contributed by atoms with Crippen LogP contribution in [0, 0.1) is 5.82 Å². The molecular weight excluding hydrogens is 434 g/mol. The van der Waals surface area contributed by atoms with Gasteiger partial charge in [0.05, 0.1) is 27.2 Å². The first-order chi connectivity index (χ1) is 15.0. The third kappa shape index (κ3) is 3.54. The van der Waals surface area contributed by atoms with Crippen molar-refractivity contribution in [1.82, 2.24) is 9.97 Å². The number of fused-ring (bicyclic) bond motifs is 2. The van der Waals surface area contributed by atoms with Gasteiger partial charge in [0.15, 0.2) is 5.82 Å². The van der Waals surface area contributed by atoms with Gasteiger partial charge in [-0.15, -0.1) is 0 Å². The number of hydrogen-bond donors (Lipinski definition) is 1. The molecule has 154 valence electrons. The van der Waals surface area contributed by atoms with Gasteiger partial charge in [0.25, 0.3) is 0 Å². The zero-order valence-corrected chi connectivity index (χ0v) is 18.0. The molecule has 31 heavy (non-hydrogen) atoms. The van der Waals surface area contributed by atoms with Crippen LogP contribution >= 0.6 is 23.2 Å². The SMILES string of the molecule is CCC1N=C(Nc2nc(-c3c(Cl)cccc3Cl)nc3ccccc23)c2cc(F)ccc21. The maximum Gasteiger partial charge on any atom is 0.165 e. The molecule has 0 amide bonds. The topological polar surface area (TPSA) is 50.2 Å². The van der Waals surface area contributed by atoms with Gasteiger partial charge in [-0.05, 0) is 48.4 Å². The lowest BCUT2D eigenvalue weighted by Crippen LogP contribution is -2.14. The Morgan fingerprint density at radius 3 is 2.52 bits per heavy atom. The molecule has 5 rings (SSSR count). The minimum absolute atomic E-state index is 0.0244. The summed E-state index contributed by atoms with van der Waals surface area (Å²) in [7, 11) is 0. The van der Waals surface area contributed by atoms with Crippen molar-refractivity contribution in [2.24, 2.45) is 4.99 Å². The summed E-state index contributed by atoms with van der Waals surface area (Å²) < 4.78 is 14.0. The number of para-hydroxylation sites is 1. The normalized spacial score (nSPS) is 15.1. The Balaban J connectivity index is 1.67. The van der Waals surface area contributed by atoms with Crippen LogP contribution in [0.3, 0.4) is 0 Å². The zero-order valence-electron chi connectivity index (χ0n) is 16.5. The van der Waals surface area contributed by atoms with Gasteiger partial charge < -0.3 is 5.32 Å². The van der Waals surface area contributed by atoms with Crippen molar-refractivity contribution in [3.8, 4) is 11.4 Å². The van der Waals surface area contributed by atoms with E-state index in [1.165, 1.54) is 12.1 Å². The Hall–Kier alpha value is -3.02. The number of aliphatic imine (C=N–C) groups is 1. The summed E-state index contributed by atoms with van der Waals surface area (Å²) in [6.45, 7) is 2.06. The highest BCUT2D eigenvalue weighted by Crippen LogP contribution is 2.36. The van der Waals surface area contributed by atoms with Crippen molar-refractivity contribution in [2.45, 2.75) is 19.4 Å². The second-order valence-corrected chi connectivity index (χ2v) is 8.08. The molecule has 0 aliphatic carbocycles. The molecule has 0 radical (unpaired) electrons. The molecule has 0 saturated heterocycles. The van der Waals surface area contributed by atoms with Crippen molar-refractivity contribution in [3.63, 3.8) is 0 Å². The molecular formula is C24H17Cl2FN4. The summed E-state index contributed by atoms with van der Waals surface area (Å²) in [5, 5.41) is 5.07.